The van der Waals surface area contributed by atoms with Gasteiger partial charge in [0.15, 0.2) is 11.5 Å². The van der Waals surface area contributed by atoms with Crippen molar-refractivity contribution in [1.82, 2.24) is 5.43 Å². The van der Waals surface area contributed by atoms with Crippen LogP contribution in [0, 0.1) is 0 Å². The smallest absolute Gasteiger partial charge is 0.343 e. The second kappa shape index (κ2) is 10.6. The van der Waals surface area contributed by atoms with E-state index in [0.29, 0.717) is 35.8 Å². The predicted molar refractivity (Wildman–Crippen MR) is 105 cm³/mol. The topological polar surface area (TPSA) is 112 Å². The molecule has 0 fully saturated rings. The van der Waals surface area contributed by atoms with E-state index in [9.17, 15) is 9.59 Å². The summed E-state index contributed by atoms with van der Waals surface area (Å²) in [6, 6.07) is 10.9. The van der Waals surface area contributed by atoms with E-state index in [-0.39, 0.29) is 5.75 Å². The molecule has 8 nitrogen and oxygen atoms in total. The minimum Gasteiger partial charge on any atom is -0.494 e. The largest absolute Gasteiger partial charge is 0.494 e. The molecule has 0 bridgehead atoms. The number of esters is 1. The molecule has 3 N–H and O–H groups in total. The van der Waals surface area contributed by atoms with Gasteiger partial charge in [0.2, 0.25) is 0 Å². The standard InChI is InChI=1S/C20H23N3O5/c1-3-11-27-16-8-6-15(7-9-16)19(24)28-17-10-5-14(12-18(17)26-4-2)13-22-23-20(21)25/h5-10,12-13H,3-4,11H2,1-2H3,(H3,21,23,25). The number of nitrogens with zero attached hydrogens (tertiary/aromatic N) is 1. The number of primary amides is 1. The van der Waals surface area contributed by atoms with E-state index in [4.69, 9.17) is 19.9 Å². The molecule has 148 valence electrons. The van der Waals surface area contributed by atoms with E-state index in [0.717, 1.165) is 6.42 Å². The Labute approximate surface area is 163 Å². The van der Waals surface area contributed by atoms with Crippen LogP contribution in [0.25, 0.3) is 0 Å². The van der Waals surface area contributed by atoms with Gasteiger partial charge in [-0.25, -0.2) is 15.0 Å². The molecule has 8 heteroatoms. The van der Waals surface area contributed by atoms with Gasteiger partial charge in [-0.1, -0.05) is 6.92 Å². The first-order valence-corrected chi connectivity index (χ1v) is 8.83. The molecule has 0 atom stereocenters. The van der Waals surface area contributed by atoms with Crippen molar-refractivity contribution < 1.29 is 23.8 Å². The molecular formula is C20H23N3O5. The van der Waals surface area contributed by atoms with Gasteiger partial charge in [0, 0.05) is 0 Å². The molecule has 0 aliphatic carbocycles. The van der Waals surface area contributed by atoms with Crippen molar-refractivity contribution >= 4 is 18.2 Å². The maximum absolute atomic E-state index is 12.4. The van der Waals surface area contributed by atoms with Gasteiger partial charge in [-0.2, -0.15) is 5.10 Å². The van der Waals surface area contributed by atoms with Crippen LogP contribution in [0.4, 0.5) is 4.79 Å². The third-order valence-electron chi connectivity index (χ3n) is 3.42. The van der Waals surface area contributed by atoms with E-state index in [1.807, 2.05) is 13.8 Å². The Morgan fingerprint density at radius 3 is 2.46 bits per heavy atom. The molecule has 0 saturated carbocycles. The first-order valence-electron chi connectivity index (χ1n) is 8.83. The van der Waals surface area contributed by atoms with Crippen LogP contribution in [0.2, 0.25) is 0 Å². The van der Waals surface area contributed by atoms with E-state index in [1.54, 1.807) is 42.5 Å². The third kappa shape index (κ3) is 6.31. The maximum atomic E-state index is 12.4. The zero-order valence-corrected chi connectivity index (χ0v) is 15.8. The lowest BCUT2D eigenvalue weighted by atomic mass is 10.2. The fraction of sp³-hybridized carbons (Fsp3) is 0.250. The molecule has 2 aromatic carbocycles. The summed E-state index contributed by atoms with van der Waals surface area (Å²) in [7, 11) is 0. The van der Waals surface area contributed by atoms with Gasteiger partial charge < -0.3 is 19.9 Å². The van der Waals surface area contributed by atoms with Gasteiger partial charge >= 0.3 is 12.0 Å². The molecule has 0 unspecified atom stereocenters. The quantitative estimate of drug-likeness (QED) is 0.298. The minimum atomic E-state index is -0.766. The normalized spacial score (nSPS) is 10.5. The predicted octanol–water partition coefficient (Wildman–Crippen LogP) is 3.10. The maximum Gasteiger partial charge on any atom is 0.343 e. The molecule has 0 saturated heterocycles. The Bertz CT molecular complexity index is 834. The van der Waals surface area contributed by atoms with Gasteiger partial charge in [0.25, 0.3) is 0 Å². The molecule has 0 aromatic heterocycles. The van der Waals surface area contributed by atoms with Crippen molar-refractivity contribution in [2.75, 3.05) is 13.2 Å². The highest BCUT2D eigenvalue weighted by Crippen LogP contribution is 2.29. The summed E-state index contributed by atoms with van der Waals surface area (Å²) in [6.07, 6.45) is 2.30. The molecule has 0 aliphatic heterocycles. The summed E-state index contributed by atoms with van der Waals surface area (Å²) in [5.74, 6) is 0.835. The van der Waals surface area contributed by atoms with Crippen molar-refractivity contribution in [2.45, 2.75) is 20.3 Å². The average Bonchev–Trinajstić information content (AvgIpc) is 2.68. The molecule has 2 rings (SSSR count). The Kier molecular flexibility index (Phi) is 7.83. The number of urea groups is 1. The van der Waals surface area contributed by atoms with Crippen molar-refractivity contribution in [3.05, 3.63) is 53.6 Å². The first kappa shape index (κ1) is 20.8. The zero-order chi connectivity index (χ0) is 20.4. The number of benzene rings is 2. The number of carbonyl (C=O) groups is 2. The van der Waals surface area contributed by atoms with Gasteiger partial charge in [-0.3, -0.25) is 0 Å². The Morgan fingerprint density at radius 2 is 1.82 bits per heavy atom. The van der Waals surface area contributed by atoms with Crippen molar-refractivity contribution in [2.24, 2.45) is 10.8 Å². The molecule has 0 aliphatic rings. The molecule has 0 spiro atoms. The summed E-state index contributed by atoms with van der Waals surface area (Å²) < 4.78 is 16.5. The fourth-order valence-electron chi connectivity index (χ4n) is 2.19. The number of nitrogens with two attached hydrogens (primary N) is 1. The molecule has 2 amide bonds. The van der Waals surface area contributed by atoms with Crippen molar-refractivity contribution in [3.8, 4) is 17.2 Å². The van der Waals surface area contributed by atoms with Crippen LogP contribution in [0.1, 0.15) is 36.2 Å². The summed E-state index contributed by atoms with van der Waals surface area (Å²) in [5, 5.41) is 3.69. The van der Waals surface area contributed by atoms with Crippen LogP contribution in [0.3, 0.4) is 0 Å². The van der Waals surface area contributed by atoms with Gasteiger partial charge in [-0.05, 0) is 61.4 Å². The van der Waals surface area contributed by atoms with Crippen LogP contribution >= 0.6 is 0 Å². The van der Waals surface area contributed by atoms with E-state index in [1.165, 1.54) is 6.21 Å². The lowest BCUT2D eigenvalue weighted by molar-refractivity contribution is 0.0728. The van der Waals surface area contributed by atoms with Crippen LogP contribution in [-0.2, 0) is 0 Å². The Balaban J connectivity index is 2.11. The highest BCUT2D eigenvalue weighted by Gasteiger charge is 2.13. The van der Waals surface area contributed by atoms with Gasteiger partial charge in [-0.15, -0.1) is 0 Å². The summed E-state index contributed by atoms with van der Waals surface area (Å²) in [6.45, 7) is 4.84. The number of hydrogen-bond donors (Lipinski definition) is 2. The van der Waals surface area contributed by atoms with Crippen molar-refractivity contribution in [1.29, 1.82) is 0 Å². The third-order valence-corrected chi connectivity index (χ3v) is 3.42. The minimum absolute atomic E-state index is 0.276. The second-order valence-electron chi connectivity index (χ2n) is 5.64. The summed E-state index contributed by atoms with van der Waals surface area (Å²) in [5.41, 5.74) is 8.08. The van der Waals surface area contributed by atoms with E-state index >= 15 is 0 Å². The highest BCUT2D eigenvalue weighted by molar-refractivity contribution is 5.91. The molecular weight excluding hydrogens is 362 g/mol. The number of ether oxygens (including phenoxy) is 3. The molecule has 2 aromatic rings. The number of rotatable bonds is 9. The first-order chi connectivity index (χ1) is 13.5. The van der Waals surface area contributed by atoms with E-state index < -0.39 is 12.0 Å². The second-order valence-corrected chi connectivity index (χ2v) is 5.64. The fourth-order valence-corrected chi connectivity index (χ4v) is 2.19. The van der Waals surface area contributed by atoms with E-state index in [2.05, 4.69) is 10.5 Å². The number of hydrazone groups is 1. The Morgan fingerprint density at radius 1 is 1.07 bits per heavy atom. The summed E-state index contributed by atoms with van der Waals surface area (Å²) in [4.78, 5) is 23.1. The number of hydrogen-bond acceptors (Lipinski definition) is 6. The van der Waals surface area contributed by atoms with Crippen molar-refractivity contribution in [3.63, 3.8) is 0 Å². The Hall–Kier alpha value is -3.55. The number of carbonyl (C=O) groups excluding carboxylic acids is 2. The number of amides is 2. The molecule has 0 heterocycles. The lowest BCUT2D eigenvalue weighted by Crippen LogP contribution is -2.24. The summed E-state index contributed by atoms with van der Waals surface area (Å²) >= 11 is 0. The van der Waals surface area contributed by atoms with Crippen LogP contribution < -0.4 is 25.4 Å². The highest BCUT2D eigenvalue weighted by atomic mass is 16.6. The van der Waals surface area contributed by atoms with Crippen LogP contribution in [0.5, 0.6) is 17.2 Å². The van der Waals surface area contributed by atoms with Gasteiger partial charge in [0.05, 0.1) is 25.0 Å². The van der Waals surface area contributed by atoms with Crippen LogP contribution in [0.15, 0.2) is 47.6 Å². The molecule has 28 heavy (non-hydrogen) atoms. The monoisotopic (exact) mass is 385 g/mol. The average molecular weight is 385 g/mol. The SMILES string of the molecule is CCCOc1ccc(C(=O)Oc2ccc(C=NNC(N)=O)cc2OCC)cc1. The van der Waals surface area contributed by atoms with Crippen LogP contribution in [-0.4, -0.2) is 31.4 Å². The molecule has 0 radical (unpaired) electrons. The lowest BCUT2D eigenvalue weighted by Gasteiger charge is -2.11. The van der Waals surface area contributed by atoms with Gasteiger partial charge in [0.1, 0.15) is 5.75 Å². The zero-order valence-electron chi connectivity index (χ0n) is 15.8. The number of nitrogens with one attached hydrogen (secondary N) is 1.